The lowest BCUT2D eigenvalue weighted by Crippen LogP contribution is -2.39. The van der Waals surface area contributed by atoms with Gasteiger partial charge in [0.15, 0.2) is 0 Å². The number of carbonyl (C=O) groups excluding carboxylic acids is 1. The fourth-order valence-corrected chi connectivity index (χ4v) is 1.11. The van der Waals surface area contributed by atoms with E-state index in [-0.39, 0.29) is 6.03 Å². The second-order valence-electron chi connectivity index (χ2n) is 3.89. The van der Waals surface area contributed by atoms with Crippen molar-refractivity contribution in [1.29, 1.82) is 0 Å². The number of nitrogens with zero attached hydrogens (tertiary/aromatic N) is 1. The van der Waals surface area contributed by atoms with E-state index >= 15 is 0 Å². The molecule has 0 aliphatic heterocycles. The highest BCUT2D eigenvalue weighted by atomic mass is 16.5. The first kappa shape index (κ1) is 14.2. The van der Waals surface area contributed by atoms with Crippen LogP contribution >= 0.6 is 0 Å². The van der Waals surface area contributed by atoms with Gasteiger partial charge >= 0.3 is 6.03 Å². The highest BCUT2D eigenvalue weighted by Gasteiger charge is 2.02. The number of urea groups is 1. The molecular formula is C10H23N3O2. The molecule has 1 atom stereocenters. The first-order valence-electron chi connectivity index (χ1n) is 5.22. The quantitative estimate of drug-likeness (QED) is 0.596. The number of hydrogen-bond donors (Lipinski definition) is 2. The fraction of sp³-hybridized carbons (Fsp3) is 0.900. The molecule has 2 N–H and O–H groups in total. The minimum Gasteiger partial charge on any atom is -0.384 e. The first-order chi connectivity index (χ1) is 7.07. The molecule has 0 aliphatic carbocycles. The molecule has 5 nitrogen and oxygen atoms in total. The van der Waals surface area contributed by atoms with Gasteiger partial charge in [-0.15, -0.1) is 0 Å². The Bertz CT molecular complexity index is 174. The second-order valence-corrected chi connectivity index (χ2v) is 3.89. The fourth-order valence-electron chi connectivity index (χ4n) is 1.11. The van der Waals surface area contributed by atoms with E-state index in [1.807, 2.05) is 0 Å². The summed E-state index contributed by atoms with van der Waals surface area (Å²) in [6.07, 6.45) is 0. The van der Waals surface area contributed by atoms with Gasteiger partial charge in [0, 0.05) is 40.9 Å². The Kier molecular flexibility index (Phi) is 8.04. The van der Waals surface area contributed by atoms with Gasteiger partial charge in [0.25, 0.3) is 0 Å². The number of hydrogen-bond acceptors (Lipinski definition) is 3. The molecule has 5 heteroatoms. The van der Waals surface area contributed by atoms with E-state index in [0.29, 0.717) is 12.5 Å². The van der Waals surface area contributed by atoms with Crippen LogP contribution in [0.1, 0.15) is 6.92 Å². The molecule has 1 unspecified atom stereocenters. The predicted molar refractivity (Wildman–Crippen MR) is 61.0 cm³/mol. The van der Waals surface area contributed by atoms with Gasteiger partial charge in [-0.2, -0.15) is 0 Å². The highest BCUT2D eigenvalue weighted by molar-refractivity contribution is 5.73. The summed E-state index contributed by atoms with van der Waals surface area (Å²) in [5, 5.41) is 6.03. The summed E-state index contributed by atoms with van der Waals surface area (Å²) in [7, 11) is 5.15. The van der Waals surface area contributed by atoms with Crippen LogP contribution in [0.2, 0.25) is 0 Å². The summed E-state index contributed by atoms with van der Waals surface area (Å²) in [5.74, 6) is 0.500. The average molecular weight is 217 g/mol. The molecule has 0 saturated carbocycles. The molecule has 0 saturated heterocycles. The van der Waals surface area contributed by atoms with Crippen molar-refractivity contribution in [2.75, 3.05) is 47.4 Å². The van der Waals surface area contributed by atoms with Crippen LogP contribution in [0, 0.1) is 5.92 Å². The molecular weight excluding hydrogens is 194 g/mol. The Balaban J connectivity index is 3.28. The van der Waals surface area contributed by atoms with Crippen LogP contribution in [-0.2, 0) is 4.74 Å². The summed E-state index contributed by atoms with van der Waals surface area (Å²) in [5.41, 5.74) is 0. The van der Waals surface area contributed by atoms with Crippen LogP contribution in [-0.4, -0.2) is 58.4 Å². The maximum absolute atomic E-state index is 11.1. The van der Waals surface area contributed by atoms with Gasteiger partial charge in [-0.05, 0) is 12.5 Å². The molecule has 2 amide bonds. The third-order valence-corrected chi connectivity index (χ3v) is 1.93. The maximum atomic E-state index is 11.1. The Hall–Kier alpha value is -0.810. The third kappa shape index (κ3) is 8.20. The second kappa shape index (κ2) is 8.49. The molecule has 0 aromatic heterocycles. The van der Waals surface area contributed by atoms with Gasteiger partial charge in [0.2, 0.25) is 0 Å². The number of carbonyl (C=O) groups is 1. The molecule has 0 spiro atoms. The van der Waals surface area contributed by atoms with Gasteiger partial charge in [0.1, 0.15) is 0 Å². The van der Waals surface area contributed by atoms with Crippen molar-refractivity contribution in [1.82, 2.24) is 15.5 Å². The van der Waals surface area contributed by atoms with Crippen LogP contribution in [0.4, 0.5) is 4.79 Å². The Morgan fingerprint density at radius 2 is 2.07 bits per heavy atom. The predicted octanol–water partition coefficient (Wildman–Crippen LogP) is 0.130. The van der Waals surface area contributed by atoms with E-state index in [2.05, 4.69) is 17.6 Å². The molecule has 0 bridgehead atoms. The van der Waals surface area contributed by atoms with Crippen molar-refractivity contribution in [2.24, 2.45) is 5.92 Å². The average Bonchev–Trinajstić information content (AvgIpc) is 2.17. The normalized spacial score (nSPS) is 12.3. The zero-order valence-electron chi connectivity index (χ0n) is 10.2. The van der Waals surface area contributed by atoms with Gasteiger partial charge in [-0.3, -0.25) is 0 Å². The van der Waals surface area contributed by atoms with Crippen molar-refractivity contribution < 1.29 is 9.53 Å². The summed E-state index contributed by atoms with van der Waals surface area (Å²) in [6, 6.07) is -0.0539. The van der Waals surface area contributed by atoms with Gasteiger partial charge in [0.05, 0.1) is 0 Å². The topological polar surface area (TPSA) is 53.6 Å². The number of rotatable bonds is 7. The number of nitrogens with one attached hydrogen (secondary N) is 2. The van der Waals surface area contributed by atoms with Crippen molar-refractivity contribution in [3.05, 3.63) is 0 Å². The molecule has 0 aromatic carbocycles. The first-order valence-corrected chi connectivity index (χ1v) is 5.22. The van der Waals surface area contributed by atoms with E-state index in [0.717, 1.165) is 19.7 Å². The zero-order chi connectivity index (χ0) is 11.7. The minimum absolute atomic E-state index is 0.0539. The number of amides is 2. The van der Waals surface area contributed by atoms with E-state index in [1.165, 1.54) is 4.90 Å². The molecule has 0 heterocycles. The summed E-state index contributed by atoms with van der Waals surface area (Å²) in [4.78, 5) is 12.6. The molecule has 0 aromatic rings. The Labute approximate surface area is 92.2 Å². The van der Waals surface area contributed by atoms with E-state index in [4.69, 9.17) is 4.74 Å². The van der Waals surface area contributed by atoms with Gasteiger partial charge in [-0.1, -0.05) is 6.92 Å². The van der Waals surface area contributed by atoms with Crippen molar-refractivity contribution in [3.63, 3.8) is 0 Å². The monoisotopic (exact) mass is 217 g/mol. The maximum Gasteiger partial charge on any atom is 0.316 e. The van der Waals surface area contributed by atoms with Crippen molar-refractivity contribution >= 4 is 6.03 Å². The SMILES string of the molecule is COCC(C)CNCCNC(=O)N(C)C. The Morgan fingerprint density at radius 3 is 2.60 bits per heavy atom. The molecule has 0 rings (SSSR count). The number of ether oxygens (including phenoxy) is 1. The van der Waals surface area contributed by atoms with Crippen LogP contribution in [0.3, 0.4) is 0 Å². The van der Waals surface area contributed by atoms with E-state index in [1.54, 1.807) is 21.2 Å². The van der Waals surface area contributed by atoms with Crippen molar-refractivity contribution in [2.45, 2.75) is 6.92 Å². The van der Waals surface area contributed by atoms with Crippen LogP contribution < -0.4 is 10.6 Å². The standard InChI is InChI=1S/C10H23N3O2/c1-9(8-15-4)7-11-5-6-12-10(14)13(2)3/h9,11H,5-8H2,1-4H3,(H,12,14). The largest absolute Gasteiger partial charge is 0.384 e. The van der Waals surface area contributed by atoms with Crippen LogP contribution in [0.25, 0.3) is 0 Å². The molecule has 0 fully saturated rings. The Morgan fingerprint density at radius 1 is 1.40 bits per heavy atom. The molecule has 15 heavy (non-hydrogen) atoms. The van der Waals surface area contributed by atoms with E-state index < -0.39 is 0 Å². The van der Waals surface area contributed by atoms with Gasteiger partial charge in [-0.25, -0.2) is 4.79 Å². The van der Waals surface area contributed by atoms with Gasteiger partial charge < -0.3 is 20.3 Å². The summed E-state index contributed by atoms with van der Waals surface area (Å²) >= 11 is 0. The lowest BCUT2D eigenvalue weighted by atomic mass is 10.2. The molecule has 0 radical (unpaired) electrons. The minimum atomic E-state index is -0.0539. The van der Waals surface area contributed by atoms with E-state index in [9.17, 15) is 4.79 Å². The summed E-state index contributed by atoms with van der Waals surface area (Å²) in [6.45, 7) is 5.22. The van der Waals surface area contributed by atoms with Crippen molar-refractivity contribution in [3.8, 4) is 0 Å². The smallest absolute Gasteiger partial charge is 0.316 e. The van der Waals surface area contributed by atoms with Crippen LogP contribution in [0.15, 0.2) is 0 Å². The third-order valence-electron chi connectivity index (χ3n) is 1.93. The molecule has 0 aliphatic rings. The zero-order valence-corrected chi connectivity index (χ0v) is 10.2. The highest BCUT2D eigenvalue weighted by Crippen LogP contribution is 1.91. The van der Waals surface area contributed by atoms with Crippen LogP contribution in [0.5, 0.6) is 0 Å². The lowest BCUT2D eigenvalue weighted by Gasteiger charge is -2.14. The summed E-state index contributed by atoms with van der Waals surface area (Å²) < 4.78 is 5.01. The lowest BCUT2D eigenvalue weighted by molar-refractivity contribution is 0.158. The molecule has 90 valence electrons. The number of methoxy groups -OCH3 is 1.